The number of carbonyl (C=O) groups is 1. The van der Waals surface area contributed by atoms with Gasteiger partial charge in [-0.05, 0) is 63.4 Å². The van der Waals surface area contributed by atoms with Crippen molar-refractivity contribution in [1.82, 2.24) is 4.72 Å². The van der Waals surface area contributed by atoms with E-state index in [9.17, 15) is 9.00 Å². The van der Waals surface area contributed by atoms with Crippen LogP contribution in [0.2, 0.25) is 0 Å². The molecule has 0 aromatic heterocycles. The van der Waals surface area contributed by atoms with Crippen LogP contribution < -0.4 is 4.72 Å². The lowest BCUT2D eigenvalue weighted by atomic mass is 9.72. The van der Waals surface area contributed by atoms with E-state index < -0.39 is 28.0 Å². The maximum Gasteiger partial charge on any atom is 0.312 e. The second-order valence-electron chi connectivity index (χ2n) is 10.3. The van der Waals surface area contributed by atoms with E-state index in [-0.39, 0.29) is 11.9 Å². The van der Waals surface area contributed by atoms with Crippen LogP contribution in [0.25, 0.3) is 0 Å². The molecule has 6 heteroatoms. The van der Waals surface area contributed by atoms with Gasteiger partial charge in [-0.1, -0.05) is 80.1 Å². The van der Waals surface area contributed by atoms with Gasteiger partial charge in [0.15, 0.2) is 0 Å². The average Bonchev–Trinajstić information content (AvgIpc) is 2.83. The van der Waals surface area contributed by atoms with Gasteiger partial charge < -0.3 is 4.74 Å². The fraction of sp³-hybridized carbons (Fsp3) is 0.367. The number of hydrogen-bond acceptors (Lipinski definition) is 4. The van der Waals surface area contributed by atoms with E-state index in [1.54, 1.807) is 11.8 Å². The Morgan fingerprint density at radius 3 is 2.00 bits per heavy atom. The van der Waals surface area contributed by atoms with E-state index in [2.05, 4.69) is 18.6 Å². The molecule has 0 saturated carbocycles. The number of carbonyl (C=O) groups excluding carboxylic acids is 1. The van der Waals surface area contributed by atoms with Crippen LogP contribution in [-0.2, 0) is 26.1 Å². The second-order valence-corrected chi connectivity index (χ2v) is 12.6. The zero-order valence-corrected chi connectivity index (χ0v) is 23.6. The molecule has 0 saturated heterocycles. The van der Waals surface area contributed by atoms with Gasteiger partial charge >= 0.3 is 5.97 Å². The molecule has 3 aromatic carbocycles. The topological polar surface area (TPSA) is 55.4 Å². The highest BCUT2D eigenvalue weighted by molar-refractivity contribution is 7.99. The Kier molecular flexibility index (Phi) is 9.56. The van der Waals surface area contributed by atoms with Crippen molar-refractivity contribution in [3.63, 3.8) is 0 Å². The molecule has 36 heavy (non-hydrogen) atoms. The molecular formula is C30H37NO3S2. The standard InChI is InChI=1S/C30H37NO3S2/c1-22(2)30(24-13-9-7-10-14-24,31-36(33)26-19-17-23(3)18-20-26)27(28(32)34-29(4,5)6)21-35-25-15-11-8-12-16-25/h7-20,22,27,31H,21H2,1-6H3/t27-,30+,36?/m0/s1. The van der Waals surface area contributed by atoms with E-state index >= 15 is 0 Å². The molecule has 0 aliphatic heterocycles. The Labute approximate surface area is 222 Å². The van der Waals surface area contributed by atoms with E-state index in [1.807, 2.05) is 113 Å². The smallest absolute Gasteiger partial charge is 0.312 e. The van der Waals surface area contributed by atoms with Crippen molar-refractivity contribution in [3.05, 3.63) is 96.1 Å². The summed E-state index contributed by atoms with van der Waals surface area (Å²) in [5, 5.41) is 0. The lowest BCUT2D eigenvalue weighted by Crippen LogP contribution is -2.57. The first-order chi connectivity index (χ1) is 17.0. The maximum absolute atomic E-state index is 13.9. The number of ether oxygens (including phenoxy) is 1. The molecule has 0 fully saturated rings. The van der Waals surface area contributed by atoms with E-state index in [0.29, 0.717) is 10.6 Å². The molecule has 3 rings (SSSR count). The summed E-state index contributed by atoms with van der Waals surface area (Å²) < 4.78 is 23.2. The molecule has 0 amide bonds. The van der Waals surface area contributed by atoms with Crippen molar-refractivity contribution >= 4 is 28.7 Å². The van der Waals surface area contributed by atoms with Crippen LogP contribution in [0.3, 0.4) is 0 Å². The van der Waals surface area contributed by atoms with Crippen molar-refractivity contribution in [2.24, 2.45) is 11.8 Å². The number of esters is 1. The first-order valence-electron chi connectivity index (χ1n) is 12.3. The van der Waals surface area contributed by atoms with Crippen molar-refractivity contribution < 1.29 is 13.7 Å². The lowest BCUT2D eigenvalue weighted by molar-refractivity contribution is -0.163. The number of aryl methyl sites for hydroxylation is 1. The van der Waals surface area contributed by atoms with Gasteiger partial charge in [0.1, 0.15) is 16.6 Å². The summed E-state index contributed by atoms with van der Waals surface area (Å²) in [6, 6.07) is 27.5. The molecule has 0 aliphatic rings. The van der Waals surface area contributed by atoms with Crippen molar-refractivity contribution in [2.75, 3.05) is 5.75 Å². The molecule has 3 atom stereocenters. The highest BCUT2D eigenvalue weighted by Gasteiger charge is 2.49. The minimum atomic E-state index is -1.56. The molecule has 0 bridgehead atoms. The Balaban J connectivity index is 2.13. The number of thioether (sulfide) groups is 1. The summed E-state index contributed by atoms with van der Waals surface area (Å²) in [7, 11) is -1.56. The molecule has 0 heterocycles. The van der Waals surface area contributed by atoms with Crippen LogP contribution in [0.5, 0.6) is 0 Å². The van der Waals surface area contributed by atoms with Crippen LogP contribution >= 0.6 is 11.8 Å². The van der Waals surface area contributed by atoms with Gasteiger partial charge in [0.2, 0.25) is 0 Å². The van der Waals surface area contributed by atoms with Crippen molar-refractivity contribution in [1.29, 1.82) is 0 Å². The fourth-order valence-electron chi connectivity index (χ4n) is 4.23. The first-order valence-corrected chi connectivity index (χ1v) is 14.4. The van der Waals surface area contributed by atoms with Crippen LogP contribution in [0.4, 0.5) is 0 Å². The average molecular weight is 524 g/mol. The Morgan fingerprint density at radius 2 is 1.47 bits per heavy atom. The summed E-state index contributed by atoms with van der Waals surface area (Å²) in [4.78, 5) is 15.6. The number of rotatable bonds is 10. The molecular weight excluding hydrogens is 486 g/mol. The third-order valence-corrected chi connectivity index (χ3v) is 8.39. The van der Waals surface area contributed by atoms with E-state index in [0.717, 1.165) is 16.0 Å². The van der Waals surface area contributed by atoms with E-state index in [1.165, 1.54) is 0 Å². The summed E-state index contributed by atoms with van der Waals surface area (Å²) in [5.41, 5.74) is 0.411. The van der Waals surface area contributed by atoms with Gasteiger partial charge in [0, 0.05) is 10.6 Å². The van der Waals surface area contributed by atoms with Crippen molar-refractivity contribution in [2.45, 2.75) is 62.5 Å². The molecule has 4 nitrogen and oxygen atoms in total. The Bertz CT molecular complexity index is 1140. The number of benzene rings is 3. The van der Waals surface area contributed by atoms with Crippen LogP contribution in [-0.4, -0.2) is 21.5 Å². The molecule has 1 unspecified atom stereocenters. The van der Waals surface area contributed by atoms with Gasteiger partial charge in [-0.3, -0.25) is 4.79 Å². The number of nitrogens with one attached hydrogen (secondary N) is 1. The third-order valence-electron chi connectivity index (χ3n) is 6.06. The van der Waals surface area contributed by atoms with Gasteiger partial charge in [-0.15, -0.1) is 11.8 Å². The molecule has 1 N–H and O–H groups in total. The third kappa shape index (κ3) is 7.09. The zero-order valence-electron chi connectivity index (χ0n) is 22.0. The molecule has 192 valence electrons. The molecule has 0 radical (unpaired) electrons. The Morgan fingerprint density at radius 1 is 0.917 bits per heavy atom. The predicted octanol–water partition coefficient (Wildman–Crippen LogP) is 6.91. The lowest BCUT2D eigenvalue weighted by Gasteiger charge is -2.44. The number of hydrogen-bond donors (Lipinski definition) is 1. The highest BCUT2D eigenvalue weighted by Crippen LogP contribution is 2.42. The van der Waals surface area contributed by atoms with Crippen LogP contribution in [0.1, 0.15) is 45.7 Å². The van der Waals surface area contributed by atoms with Gasteiger partial charge in [-0.25, -0.2) is 8.93 Å². The van der Waals surface area contributed by atoms with Gasteiger partial charge in [0.25, 0.3) is 0 Å². The summed E-state index contributed by atoms with van der Waals surface area (Å²) in [6.07, 6.45) is 0. The SMILES string of the molecule is Cc1ccc(S(=O)N[C@@](c2ccccc2)(C(C)C)[C@@H](CSc2ccccc2)C(=O)OC(C)(C)C)cc1. The van der Waals surface area contributed by atoms with Crippen LogP contribution in [0.15, 0.2) is 94.7 Å². The first kappa shape index (κ1) is 28.2. The largest absolute Gasteiger partial charge is 0.460 e. The van der Waals surface area contributed by atoms with E-state index in [4.69, 9.17) is 4.74 Å². The summed E-state index contributed by atoms with van der Waals surface area (Å²) >= 11 is 1.61. The molecule has 0 spiro atoms. The predicted molar refractivity (Wildman–Crippen MR) is 150 cm³/mol. The highest BCUT2D eigenvalue weighted by atomic mass is 32.2. The summed E-state index contributed by atoms with van der Waals surface area (Å²) in [6.45, 7) is 11.8. The van der Waals surface area contributed by atoms with Gasteiger partial charge in [-0.2, -0.15) is 0 Å². The second kappa shape index (κ2) is 12.2. The quantitative estimate of drug-likeness (QED) is 0.232. The minimum absolute atomic E-state index is 0.0804. The zero-order chi connectivity index (χ0) is 26.3. The molecule has 3 aromatic rings. The minimum Gasteiger partial charge on any atom is -0.460 e. The maximum atomic E-state index is 13.9. The Hall–Kier alpha value is -2.41. The monoisotopic (exact) mass is 523 g/mol. The fourth-order valence-corrected chi connectivity index (χ4v) is 6.64. The van der Waals surface area contributed by atoms with Crippen LogP contribution in [0, 0.1) is 18.8 Å². The van der Waals surface area contributed by atoms with Crippen molar-refractivity contribution in [3.8, 4) is 0 Å². The van der Waals surface area contributed by atoms with Gasteiger partial charge in [0.05, 0.1) is 16.4 Å². The normalized spacial score (nSPS) is 15.2. The summed E-state index contributed by atoms with van der Waals surface area (Å²) in [5.74, 6) is -0.539. The molecule has 0 aliphatic carbocycles.